The van der Waals surface area contributed by atoms with Crippen LogP contribution in [0, 0.1) is 0 Å². The van der Waals surface area contributed by atoms with Gasteiger partial charge < -0.3 is 5.73 Å². The van der Waals surface area contributed by atoms with E-state index in [1.54, 1.807) is 30.3 Å². The smallest absolute Gasteiger partial charge is 0.320 e. The third-order valence-electron chi connectivity index (χ3n) is 2.86. The zero-order valence-corrected chi connectivity index (χ0v) is 12.4. The molecule has 0 radical (unpaired) electrons. The van der Waals surface area contributed by atoms with E-state index in [1.807, 2.05) is 0 Å². The van der Waals surface area contributed by atoms with Crippen LogP contribution in [0.25, 0.3) is 0 Å². The molecule has 0 bridgehead atoms. The Morgan fingerprint density at radius 1 is 1.05 bits per heavy atom. The summed E-state index contributed by atoms with van der Waals surface area (Å²) in [7, 11) is 0. The summed E-state index contributed by atoms with van der Waals surface area (Å²) < 4.78 is 38.6. The Labute approximate surface area is 127 Å². The van der Waals surface area contributed by atoms with Crippen molar-refractivity contribution in [2.75, 3.05) is 0 Å². The van der Waals surface area contributed by atoms with E-state index in [9.17, 15) is 13.2 Å². The Morgan fingerprint density at radius 3 is 2.30 bits per heavy atom. The van der Waals surface area contributed by atoms with E-state index in [2.05, 4.69) is 15.9 Å². The molecule has 0 aromatic heterocycles. The molecule has 1 atom stereocenters. The van der Waals surface area contributed by atoms with Crippen LogP contribution in [0.4, 0.5) is 13.2 Å². The summed E-state index contributed by atoms with van der Waals surface area (Å²) in [4.78, 5) is 0. The van der Waals surface area contributed by atoms with Crippen LogP contribution in [0.2, 0.25) is 5.02 Å². The highest BCUT2D eigenvalue weighted by Gasteiger charge is 2.33. The molecule has 0 aliphatic carbocycles. The Hall–Kier alpha value is -1.04. The lowest BCUT2D eigenvalue weighted by molar-refractivity contribution is -0.138. The maximum absolute atomic E-state index is 12.9. The molecule has 2 aromatic rings. The van der Waals surface area contributed by atoms with Crippen molar-refractivity contribution in [1.29, 1.82) is 0 Å². The SMILES string of the molecule is NC(c1cccc(Cl)c1)c1ccc(Br)c(C(F)(F)F)c1. The largest absolute Gasteiger partial charge is 0.417 e. The molecule has 0 saturated heterocycles. The topological polar surface area (TPSA) is 26.0 Å². The van der Waals surface area contributed by atoms with E-state index in [0.717, 1.165) is 6.07 Å². The summed E-state index contributed by atoms with van der Waals surface area (Å²) in [5.74, 6) is 0. The van der Waals surface area contributed by atoms with E-state index in [0.29, 0.717) is 16.1 Å². The van der Waals surface area contributed by atoms with Crippen LogP contribution in [0.5, 0.6) is 0 Å². The molecule has 2 N–H and O–H groups in total. The summed E-state index contributed by atoms with van der Waals surface area (Å²) in [6.45, 7) is 0. The standard InChI is InChI=1S/C14H10BrClF3N/c15-12-5-4-9(7-11(12)14(17,18)19)13(20)8-2-1-3-10(16)6-8/h1-7,13H,20H2. The van der Waals surface area contributed by atoms with Crippen LogP contribution >= 0.6 is 27.5 Å². The fourth-order valence-electron chi connectivity index (χ4n) is 1.85. The van der Waals surface area contributed by atoms with Gasteiger partial charge in [-0.25, -0.2) is 0 Å². The van der Waals surface area contributed by atoms with Gasteiger partial charge in [0, 0.05) is 9.50 Å². The van der Waals surface area contributed by atoms with Gasteiger partial charge in [-0.1, -0.05) is 45.7 Å². The number of rotatable bonds is 2. The number of alkyl halides is 3. The molecular weight excluding hydrogens is 355 g/mol. The summed E-state index contributed by atoms with van der Waals surface area (Å²) >= 11 is 8.76. The van der Waals surface area contributed by atoms with Crippen molar-refractivity contribution < 1.29 is 13.2 Å². The minimum Gasteiger partial charge on any atom is -0.320 e. The molecule has 2 aromatic carbocycles. The predicted octanol–water partition coefficient (Wildman–Crippen LogP) is 5.17. The highest BCUT2D eigenvalue weighted by Crippen LogP contribution is 2.36. The van der Waals surface area contributed by atoms with Crippen molar-refractivity contribution in [2.24, 2.45) is 5.73 Å². The molecule has 2 rings (SSSR count). The highest BCUT2D eigenvalue weighted by molar-refractivity contribution is 9.10. The van der Waals surface area contributed by atoms with Gasteiger partial charge in [0.1, 0.15) is 0 Å². The van der Waals surface area contributed by atoms with Crippen molar-refractivity contribution >= 4 is 27.5 Å². The molecule has 20 heavy (non-hydrogen) atoms. The molecule has 0 amide bonds. The molecule has 0 aliphatic rings. The van der Waals surface area contributed by atoms with Gasteiger partial charge in [-0.15, -0.1) is 0 Å². The van der Waals surface area contributed by atoms with Crippen LogP contribution in [-0.2, 0) is 6.18 Å². The van der Waals surface area contributed by atoms with Crippen molar-refractivity contribution in [2.45, 2.75) is 12.2 Å². The number of hydrogen-bond acceptors (Lipinski definition) is 1. The van der Waals surface area contributed by atoms with E-state index >= 15 is 0 Å². The van der Waals surface area contributed by atoms with Gasteiger partial charge in [0.25, 0.3) is 0 Å². The maximum Gasteiger partial charge on any atom is 0.417 e. The first-order valence-corrected chi connectivity index (χ1v) is 6.84. The molecule has 0 saturated carbocycles. The van der Waals surface area contributed by atoms with Crippen molar-refractivity contribution in [3.8, 4) is 0 Å². The van der Waals surface area contributed by atoms with Crippen molar-refractivity contribution in [3.63, 3.8) is 0 Å². The molecule has 0 fully saturated rings. The summed E-state index contributed by atoms with van der Waals surface area (Å²) in [6.07, 6.45) is -4.43. The first kappa shape index (κ1) is 15.4. The zero-order chi connectivity index (χ0) is 14.9. The molecule has 0 heterocycles. The van der Waals surface area contributed by atoms with Crippen LogP contribution < -0.4 is 5.73 Å². The number of hydrogen-bond donors (Lipinski definition) is 1. The second kappa shape index (κ2) is 5.76. The molecule has 1 unspecified atom stereocenters. The Kier molecular flexibility index (Phi) is 4.42. The van der Waals surface area contributed by atoms with Crippen molar-refractivity contribution in [3.05, 3.63) is 68.7 Å². The summed E-state index contributed by atoms with van der Waals surface area (Å²) in [6, 6.07) is 10.1. The molecular formula is C14H10BrClF3N. The highest BCUT2D eigenvalue weighted by atomic mass is 79.9. The number of halogens is 5. The monoisotopic (exact) mass is 363 g/mol. The van der Waals surface area contributed by atoms with E-state index in [4.69, 9.17) is 17.3 Å². The lowest BCUT2D eigenvalue weighted by atomic mass is 9.98. The fourth-order valence-corrected chi connectivity index (χ4v) is 2.52. The third kappa shape index (κ3) is 3.34. The van der Waals surface area contributed by atoms with Crippen LogP contribution in [0.3, 0.4) is 0 Å². The summed E-state index contributed by atoms with van der Waals surface area (Å²) in [5, 5.41) is 0.492. The van der Waals surface area contributed by atoms with Crippen LogP contribution in [0.1, 0.15) is 22.7 Å². The Morgan fingerprint density at radius 2 is 1.70 bits per heavy atom. The predicted molar refractivity (Wildman–Crippen MR) is 76.6 cm³/mol. The van der Waals surface area contributed by atoms with Gasteiger partial charge in [-0.2, -0.15) is 13.2 Å². The van der Waals surface area contributed by atoms with E-state index in [1.165, 1.54) is 6.07 Å². The Balaban J connectivity index is 2.43. The normalized spacial score (nSPS) is 13.3. The second-order valence-electron chi connectivity index (χ2n) is 4.27. The number of nitrogens with two attached hydrogens (primary N) is 1. The second-order valence-corrected chi connectivity index (χ2v) is 5.56. The van der Waals surface area contributed by atoms with Crippen molar-refractivity contribution in [1.82, 2.24) is 0 Å². The zero-order valence-electron chi connectivity index (χ0n) is 10.1. The lowest BCUT2D eigenvalue weighted by Gasteiger charge is -2.16. The fraction of sp³-hybridized carbons (Fsp3) is 0.143. The molecule has 1 nitrogen and oxygen atoms in total. The first-order chi connectivity index (χ1) is 9.29. The first-order valence-electron chi connectivity index (χ1n) is 5.66. The quantitative estimate of drug-likeness (QED) is 0.782. The molecule has 0 aliphatic heterocycles. The molecule has 0 spiro atoms. The summed E-state index contributed by atoms with van der Waals surface area (Å²) in [5.41, 5.74) is 6.30. The van der Waals surface area contributed by atoms with E-state index < -0.39 is 17.8 Å². The lowest BCUT2D eigenvalue weighted by Crippen LogP contribution is -2.14. The van der Waals surface area contributed by atoms with Crippen LogP contribution in [-0.4, -0.2) is 0 Å². The number of benzene rings is 2. The van der Waals surface area contributed by atoms with Gasteiger partial charge in [0.05, 0.1) is 11.6 Å². The molecule has 106 valence electrons. The maximum atomic E-state index is 12.9. The van der Waals surface area contributed by atoms with E-state index in [-0.39, 0.29) is 4.47 Å². The van der Waals surface area contributed by atoms with Gasteiger partial charge in [-0.05, 0) is 35.4 Å². The minimum absolute atomic E-state index is 0.00737. The van der Waals surface area contributed by atoms with Gasteiger partial charge >= 0.3 is 6.18 Å². The van der Waals surface area contributed by atoms with Gasteiger partial charge in [-0.3, -0.25) is 0 Å². The minimum atomic E-state index is -4.43. The molecule has 6 heteroatoms. The Bertz CT molecular complexity index is 628. The average Bonchev–Trinajstić information content (AvgIpc) is 2.37. The van der Waals surface area contributed by atoms with Gasteiger partial charge in [0.2, 0.25) is 0 Å². The van der Waals surface area contributed by atoms with Gasteiger partial charge in [0.15, 0.2) is 0 Å². The average molecular weight is 365 g/mol. The third-order valence-corrected chi connectivity index (χ3v) is 3.79. The van der Waals surface area contributed by atoms with Crippen LogP contribution in [0.15, 0.2) is 46.9 Å².